The summed E-state index contributed by atoms with van der Waals surface area (Å²) in [5.74, 6) is 1.55. The Balaban J connectivity index is 1.62. The Labute approximate surface area is 127 Å². The second kappa shape index (κ2) is 6.33. The van der Waals surface area contributed by atoms with E-state index in [2.05, 4.69) is 54.7 Å². The summed E-state index contributed by atoms with van der Waals surface area (Å²) in [6.45, 7) is 5.58. The average Bonchev–Trinajstić information content (AvgIpc) is 2.92. The summed E-state index contributed by atoms with van der Waals surface area (Å²) in [6.07, 6.45) is 8.05. The molecular formula is C18H25N3. The van der Waals surface area contributed by atoms with E-state index < -0.39 is 0 Å². The van der Waals surface area contributed by atoms with E-state index in [0.29, 0.717) is 6.04 Å². The van der Waals surface area contributed by atoms with Crippen molar-refractivity contribution in [1.82, 2.24) is 9.78 Å². The predicted octanol–water partition coefficient (Wildman–Crippen LogP) is 4.17. The van der Waals surface area contributed by atoms with Crippen molar-refractivity contribution in [3.63, 3.8) is 0 Å². The fourth-order valence-corrected chi connectivity index (χ4v) is 3.29. The van der Waals surface area contributed by atoms with E-state index in [9.17, 15) is 0 Å². The Hall–Kier alpha value is -1.77. The van der Waals surface area contributed by atoms with Crippen LogP contribution in [0.5, 0.6) is 0 Å². The highest BCUT2D eigenvalue weighted by atomic mass is 15.3. The average molecular weight is 283 g/mol. The summed E-state index contributed by atoms with van der Waals surface area (Å²) in [5.41, 5.74) is 2.43. The second-order valence-corrected chi connectivity index (χ2v) is 6.43. The first-order chi connectivity index (χ1) is 10.2. The molecule has 3 rings (SSSR count). The molecule has 0 radical (unpaired) electrons. The molecule has 0 aliphatic heterocycles. The van der Waals surface area contributed by atoms with Gasteiger partial charge in [0.05, 0.1) is 18.4 Å². The van der Waals surface area contributed by atoms with Crippen LogP contribution in [-0.2, 0) is 6.54 Å². The number of hydrogen-bond donors (Lipinski definition) is 1. The Bertz CT molecular complexity index is 561. The third-order valence-electron chi connectivity index (χ3n) is 4.88. The molecule has 0 amide bonds. The number of aromatic nitrogens is 2. The van der Waals surface area contributed by atoms with E-state index in [1.807, 2.05) is 16.9 Å². The van der Waals surface area contributed by atoms with Gasteiger partial charge in [0.2, 0.25) is 0 Å². The maximum absolute atomic E-state index is 4.48. The molecule has 3 unspecified atom stereocenters. The van der Waals surface area contributed by atoms with Gasteiger partial charge in [-0.2, -0.15) is 5.10 Å². The molecule has 1 N–H and O–H groups in total. The van der Waals surface area contributed by atoms with Gasteiger partial charge < -0.3 is 5.32 Å². The number of rotatable bonds is 4. The van der Waals surface area contributed by atoms with Crippen molar-refractivity contribution >= 4 is 5.69 Å². The van der Waals surface area contributed by atoms with Crippen molar-refractivity contribution in [3.8, 4) is 0 Å². The summed E-state index contributed by atoms with van der Waals surface area (Å²) in [6, 6.07) is 11.1. The maximum atomic E-state index is 4.48. The first kappa shape index (κ1) is 14.2. The smallest absolute Gasteiger partial charge is 0.0728 e. The highest BCUT2D eigenvalue weighted by Gasteiger charge is 2.26. The van der Waals surface area contributed by atoms with Gasteiger partial charge in [-0.3, -0.25) is 4.68 Å². The van der Waals surface area contributed by atoms with E-state index >= 15 is 0 Å². The minimum Gasteiger partial charge on any atom is -0.379 e. The van der Waals surface area contributed by atoms with Crippen LogP contribution < -0.4 is 5.32 Å². The summed E-state index contributed by atoms with van der Waals surface area (Å²) in [4.78, 5) is 0. The molecule has 1 fully saturated rings. The number of hydrogen-bond acceptors (Lipinski definition) is 2. The third kappa shape index (κ3) is 3.46. The molecule has 21 heavy (non-hydrogen) atoms. The van der Waals surface area contributed by atoms with E-state index in [0.717, 1.165) is 24.1 Å². The fourth-order valence-electron chi connectivity index (χ4n) is 3.29. The molecule has 0 bridgehead atoms. The molecule has 1 aromatic heterocycles. The summed E-state index contributed by atoms with van der Waals surface area (Å²) in [7, 11) is 0. The van der Waals surface area contributed by atoms with Crippen LogP contribution in [0.1, 0.15) is 38.7 Å². The van der Waals surface area contributed by atoms with Gasteiger partial charge in [0.25, 0.3) is 0 Å². The van der Waals surface area contributed by atoms with Crippen LogP contribution in [-0.4, -0.2) is 15.8 Å². The van der Waals surface area contributed by atoms with Crippen LogP contribution in [0.25, 0.3) is 0 Å². The van der Waals surface area contributed by atoms with Gasteiger partial charge in [-0.05, 0) is 23.8 Å². The van der Waals surface area contributed by atoms with Gasteiger partial charge in [-0.15, -0.1) is 0 Å². The molecular weight excluding hydrogens is 258 g/mol. The van der Waals surface area contributed by atoms with Crippen molar-refractivity contribution in [1.29, 1.82) is 0 Å². The lowest BCUT2D eigenvalue weighted by atomic mass is 9.78. The van der Waals surface area contributed by atoms with Crippen LogP contribution in [0.15, 0.2) is 42.7 Å². The molecule has 112 valence electrons. The van der Waals surface area contributed by atoms with Crippen LogP contribution in [0, 0.1) is 11.8 Å². The molecule has 1 aliphatic rings. The van der Waals surface area contributed by atoms with Gasteiger partial charge >= 0.3 is 0 Å². The number of anilines is 1. The van der Waals surface area contributed by atoms with Crippen LogP contribution >= 0.6 is 0 Å². The monoisotopic (exact) mass is 283 g/mol. The van der Waals surface area contributed by atoms with Gasteiger partial charge in [-0.25, -0.2) is 0 Å². The predicted molar refractivity (Wildman–Crippen MR) is 87.4 cm³/mol. The quantitative estimate of drug-likeness (QED) is 0.912. The van der Waals surface area contributed by atoms with Crippen molar-refractivity contribution in [2.75, 3.05) is 5.32 Å². The standard InChI is InChI=1S/C18H25N3/c1-14-7-6-10-18(15(14)2)20-17-11-19-21(13-17)12-16-8-4-3-5-9-16/h3-5,8-9,11,13-15,18,20H,6-7,10,12H2,1-2H3. The molecule has 0 spiro atoms. The molecule has 3 heteroatoms. The van der Waals surface area contributed by atoms with Gasteiger partial charge in [0, 0.05) is 12.2 Å². The SMILES string of the molecule is CC1CCCC(Nc2cnn(Cc3ccccc3)c2)C1C. The molecule has 0 saturated heterocycles. The van der Waals surface area contributed by atoms with Crippen molar-refractivity contribution in [3.05, 3.63) is 48.3 Å². The molecule has 2 aromatic rings. The van der Waals surface area contributed by atoms with Crippen molar-refractivity contribution in [2.24, 2.45) is 11.8 Å². The molecule has 1 saturated carbocycles. The highest BCUT2D eigenvalue weighted by Crippen LogP contribution is 2.31. The minimum atomic E-state index is 0.586. The highest BCUT2D eigenvalue weighted by molar-refractivity contribution is 5.40. The van der Waals surface area contributed by atoms with E-state index in [1.165, 1.54) is 24.8 Å². The maximum Gasteiger partial charge on any atom is 0.0728 e. The largest absolute Gasteiger partial charge is 0.379 e. The third-order valence-corrected chi connectivity index (χ3v) is 4.88. The first-order valence-electron chi connectivity index (χ1n) is 8.05. The van der Waals surface area contributed by atoms with Crippen LogP contribution in [0.2, 0.25) is 0 Å². The summed E-state index contributed by atoms with van der Waals surface area (Å²) >= 11 is 0. The van der Waals surface area contributed by atoms with E-state index in [4.69, 9.17) is 0 Å². The minimum absolute atomic E-state index is 0.586. The zero-order valence-corrected chi connectivity index (χ0v) is 13.0. The molecule has 3 atom stereocenters. The van der Waals surface area contributed by atoms with Crippen LogP contribution in [0.4, 0.5) is 5.69 Å². The lowest BCUT2D eigenvalue weighted by Gasteiger charge is -2.34. The Kier molecular flexibility index (Phi) is 4.28. The Morgan fingerprint density at radius 2 is 2.00 bits per heavy atom. The summed E-state index contributed by atoms with van der Waals surface area (Å²) in [5, 5.41) is 8.16. The molecule has 1 aliphatic carbocycles. The van der Waals surface area contributed by atoms with Gasteiger partial charge in [-0.1, -0.05) is 57.0 Å². The lowest BCUT2D eigenvalue weighted by molar-refractivity contribution is 0.253. The van der Waals surface area contributed by atoms with E-state index in [-0.39, 0.29) is 0 Å². The number of benzene rings is 1. The van der Waals surface area contributed by atoms with Crippen molar-refractivity contribution in [2.45, 2.75) is 45.7 Å². The first-order valence-corrected chi connectivity index (χ1v) is 8.05. The zero-order chi connectivity index (χ0) is 14.7. The molecule has 3 nitrogen and oxygen atoms in total. The van der Waals surface area contributed by atoms with Gasteiger partial charge in [0.1, 0.15) is 0 Å². The Morgan fingerprint density at radius 1 is 1.19 bits per heavy atom. The fraction of sp³-hybridized carbons (Fsp3) is 0.500. The second-order valence-electron chi connectivity index (χ2n) is 6.43. The normalized spacial score (nSPS) is 25.7. The number of nitrogens with one attached hydrogen (secondary N) is 1. The van der Waals surface area contributed by atoms with Crippen LogP contribution in [0.3, 0.4) is 0 Å². The van der Waals surface area contributed by atoms with Crippen molar-refractivity contribution < 1.29 is 0 Å². The summed E-state index contributed by atoms with van der Waals surface area (Å²) < 4.78 is 2.01. The topological polar surface area (TPSA) is 29.9 Å². The van der Waals surface area contributed by atoms with Gasteiger partial charge in [0.15, 0.2) is 0 Å². The lowest BCUT2D eigenvalue weighted by Crippen LogP contribution is -2.34. The molecule has 1 aromatic carbocycles. The molecule has 1 heterocycles. The number of nitrogens with zero attached hydrogens (tertiary/aromatic N) is 2. The zero-order valence-electron chi connectivity index (χ0n) is 13.0. The Morgan fingerprint density at radius 3 is 2.81 bits per heavy atom. The van der Waals surface area contributed by atoms with E-state index in [1.54, 1.807) is 0 Å².